The lowest BCUT2D eigenvalue weighted by atomic mass is 10.2. The summed E-state index contributed by atoms with van der Waals surface area (Å²) in [4.78, 5) is 24.1. The SMILES string of the molecule is COc1ccc(C(=O)NC(=S)NNC(=O)c2ccccc2I)cc1. The molecule has 0 unspecified atom stereocenters. The summed E-state index contributed by atoms with van der Waals surface area (Å²) in [5.41, 5.74) is 5.88. The van der Waals surface area contributed by atoms with Crippen LogP contribution in [0, 0.1) is 3.57 Å². The van der Waals surface area contributed by atoms with Crippen LogP contribution in [0.1, 0.15) is 20.7 Å². The van der Waals surface area contributed by atoms with Crippen molar-refractivity contribution in [3.63, 3.8) is 0 Å². The van der Waals surface area contributed by atoms with Crippen LogP contribution in [-0.2, 0) is 0 Å². The number of rotatable bonds is 3. The molecule has 0 fully saturated rings. The molecule has 0 spiro atoms. The molecule has 0 aliphatic heterocycles. The Morgan fingerprint density at radius 1 is 1.00 bits per heavy atom. The van der Waals surface area contributed by atoms with Gasteiger partial charge in [-0.25, -0.2) is 0 Å². The van der Waals surface area contributed by atoms with Gasteiger partial charge in [0.2, 0.25) is 0 Å². The lowest BCUT2D eigenvalue weighted by Gasteiger charge is -2.11. The van der Waals surface area contributed by atoms with Crippen molar-refractivity contribution in [1.29, 1.82) is 0 Å². The second kappa shape index (κ2) is 8.60. The van der Waals surface area contributed by atoms with Gasteiger partial charge in [-0.1, -0.05) is 12.1 Å². The van der Waals surface area contributed by atoms with E-state index in [-0.39, 0.29) is 11.0 Å². The molecule has 2 rings (SSSR count). The molecule has 2 aromatic rings. The Bertz CT molecular complexity index is 765. The number of thiocarbonyl (C=S) groups is 1. The molecule has 0 atom stereocenters. The minimum Gasteiger partial charge on any atom is -0.497 e. The molecule has 2 amide bonds. The zero-order chi connectivity index (χ0) is 17.5. The van der Waals surface area contributed by atoms with Gasteiger partial charge in [-0.2, -0.15) is 0 Å². The summed E-state index contributed by atoms with van der Waals surface area (Å²) in [7, 11) is 1.55. The molecule has 0 saturated heterocycles. The van der Waals surface area contributed by atoms with Crippen LogP contribution in [-0.4, -0.2) is 24.0 Å². The molecule has 2 aromatic carbocycles. The third kappa shape index (κ3) is 4.90. The first kappa shape index (κ1) is 18.1. The Kier molecular flexibility index (Phi) is 6.50. The van der Waals surface area contributed by atoms with Gasteiger partial charge in [-0.15, -0.1) is 0 Å². The number of amides is 2. The third-order valence-corrected chi connectivity index (χ3v) is 4.13. The van der Waals surface area contributed by atoms with E-state index < -0.39 is 5.91 Å². The number of hydrazine groups is 1. The maximum atomic E-state index is 12.0. The molecular weight excluding hydrogens is 441 g/mol. The summed E-state index contributed by atoms with van der Waals surface area (Å²) in [6.45, 7) is 0. The number of halogens is 1. The number of hydrogen-bond acceptors (Lipinski definition) is 4. The largest absolute Gasteiger partial charge is 0.497 e. The van der Waals surface area contributed by atoms with Crippen molar-refractivity contribution in [3.05, 3.63) is 63.2 Å². The van der Waals surface area contributed by atoms with Crippen LogP contribution >= 0.6 is 34.8 Å². The van der Waals surface area contributed by atoms with Crippen LogP contribution in [0.25, 0.3) is 0 Å². The highest BCUT2D eigenvalue weighted by Crippen LogP contribution is 2.11. The van der Waals surface area contributed by atoms with Crippen LogP contribution in [0.3, 0.4) is 0 Å². The average Bonchev–Trinajstić information content (AvgIpc) is 2.60. The first-order chi connectivity index (χ1) is 11.5. The van der Waals surface area contributed by atoms with Gasteiger partial charge >= 0.3 is 0 Å². The van der Waals surface area contributed by atoms with E-state index in [2.05, 4.69) is 38.8 Å². The Hall–Kier alpha value is -2.20. The minimum atomic E-state index is -0.390. The zero-order valence-electron chi connectivity index (χ0n) is 12.6. The number of benzene rings is 2. The lowest BCUT2D eigenvalue weighted by Crippen LogP contribution is -2.48. The van der Waals surface area contributed by atoms with Gasteiger partial charge in [0.1, 0.15) is 5.75 Å². The van der Waals surface area contributed by atoms with Crippen molar-refractivity contribution in [2.75, 3.05) is 7.11 Å². The highest BCUT2D eigenvalue weighted by molar-refractivity contribution is 14.1. The van der Waals surface area contributed by atoms with Gasteiger partial charge in [-0.05, 0) is 71.2 Å². The van der Waals surface area contributed by atoms with E-state index in [1.807, 2.05) is 12.1 Å². The van der Waals surface area contributed by atoms with E-state index in [9.17, 15) is 9.59 Å². The van der Waals surface area contributed by atoms with Crippen molar-refractivity contribution in [1.82, 2.24) is 16.2 Å². The molecule has 0 heterocycles. The van der Waals surface area contributed by atoms with E-state index in [4.69, 9.17) is 17.0 Å². The van der Waals surface area contributed by atoms with Crippen molar-refractivity contribution in [2.24, 2.45) is 0 Å². The normalized spacial score (nSPS) is 9.75. The highest BCUT2D eigenvalue weighted by Gasteiger charge is 2.11. The number of ether oxygens (including phenoxy) is 1. The smallest absolute Gasteiger partial charge is 0.270 e. The second-order valence-corrected chi connectivity index (χ2v) is 6.14. The maximum absolute atomic E-state index is 12.0. The van der Waals surface area contributed by atoms with Crippen molar-refractivity contribution >= 4 is 51.7 Å². The predicted molar refractivity (Wildman–Crippen MR) is 103 cm³/mol. The summed E-state index contributed by atoms with van der Waals surface area (Å²) in [5.74, 6) is -0.0864. The number of carbonyl (C=O) groups is 2. The number of carbonyl (C=O) groups excluding carboxylic acids is 2. The van der Waals surface area contributed by atoms with Gasteiger partial charge in [0.05, 0.1) is 12.7 Å². The quantitative estimate of drug-likeness (QED) is 0.376. The van der Waals surface area contributed by atoms with Crippen LogP contribution in [0.4, 0.5) is 0 Å². The van der Waals surface area contributed by atoms with Crippen LogP contribution in [0.15, 0.2) is 48.5 Å². The zero-order valence-corrected chi connectivity index (χ0v) is 15.6. The molecule has 24 heavy (non-hydrogen) atoms. The fraction of sp³-hybridized carbons (Fsp3) is 0.0625. The topological polar surface area (TPSA) is 79.5 Å². The Labute approximate surface area is 158 Å². The maximum Gasteiger partial charge on any atom is 0.270 e. The number of hydrogen-bond donors (Lipinski definition) is 3. The lowest BCUT2D eigenvalue weighted by molar-refractivity contribution is 0.0934. The van der Waals surface area contributed by atoms with E-state index in [0.29, 0.717) is 16.9 Å². The van der Waals surface area contributed by atoms with Gasteiger partial charge in [-0.3, -0.25) is 25.8 Å². The molecule has 0 bridgehead atoms. The molecule has 0 aliphatic rings. The molecule has 8 heteroatoms. The van der Waals surface area contributed by atoms with E-state index in [0.717, 1.165) is 3.57 Å². The molecule has 124 valence electrons. The summed E-state index contributed by atoms with van der Waals surface area (Å²) in [6, 6.07) is 13.7. The Morgan fingerprint density at radius 3 is 2.29 bits per heavy atom. The van der Waals surface area contributed by atoms with Crippen LogP contribution < -0.4 is 20.9 Å². The van der Waals surface area contributed by atoms with Gasteiger partial charge in [0, 0.05) is 9.13 Å². The Morgan fingerprint density at radius 2 is 1.67 bits per heavy atom. The average molecular weight is 455 g/mol. The first-order valence-corrected chi connectivity index (χ1v) is 8.30. The second-order valence-electron chi connectivity index (χ2n) is 4.57. The van der Waals surface area contributed by atoms with Crippen LogP contribution in [0.2, 0.25) is 0 Å². The molecule has 3 N–H and O–H groups in total. The number of methoxy groups -OCH3 is 1. The predicted octanol–water partition coefficient (Wildman–Crippen LogP) is 2.25. The highest BCUT2D eigenvalue weighted by atomic mass is 127. The molecule has 0 aromatic heterocycles. The molecule has 0 aliphatic carbocycles. The fourth-order valence-corrected chi connectivity index (χ4v) is 2.55. The summed E-state index contributed by atoms with van der Waals surface area (Å²) >= 11 is 7.06. The summed E-state index contributed by atoms with van der Waals surface area (Å²) in [6.07, 6.45) is 0. The van der Waals surface area contributed by atoms with Gasteiger partial charge in [0.25, 0.3) is 11.8 Å². The third-order valence-electron chi connectivity index (χ3n) is 2.99. The molecular formula is C16H14IN3O3S. The monoisotopic (exact) mass is 455 g/mol. The summed E-state index contributed by atoms with van der Waals surface area (Å²) < 4.78 is 5.84. The summed E-state index contributed by atoms with van der Waals surface area (Å²) in [5, 5.41) is 2.47. The molecule has 6 nitrogen and oxygen atoms in total. The van der Waals surface area contributed by atoms with E-state index in [1.165, 1.54) is 0 Å². The number of nitrogens with one attached hydrogen (secondary N) is 3. The molecule has 0 radical (unpaired) electrons. The minimum absolute atomic E-state index is 0.00453. The van der Waals surface area contributed by atoms with Gasteiger partial charge < -0.3 is 4.74 Å². The van der Waals surface area contributed by atoms with E-state index >= 15 is 0 Å². The van der Waals surface area contributed by atoms with E-state index in [1.54, 1.807) is 43.5 Å². The molecule has 0 saturated carbocycles. The first-order valence-electron chi connectivity index (χ1n) is 6.81. The Balaban J connectivity index is 1.87. The van der Waals surface area contributed by atoms with Crippen LogP contribution in [0.5, 0.6) is 5.75 Å². The van der Waals surface area contributed by atoms with Crippen molar-refractivity contribution in [2.45, 2.75) is 0 Å². The fourth-order valence-electron chi connectivity index (χ4n) is 1.78. The standard InChI is InChI=1S/C16H14IN3O3S/c1-23-11-8-6-10(7-9-11)14(21)18-16(24)20-19-15(22)12-4-2-3-5-13(12)17/h2-9H,1H3,(H,19,22)(H2,18,20,21,24). The van der Waals surface area contributed by atoms with Crippen molar-refractivity contribution in [3.8, 4) is 5.75 Å². The van der Waals surface area contributed by atoms with Gasteiger partial charge in [0.15, 0.2) is 5.11 Å². The van der Waals surface area contributed by atoms with Crippen molar-refractivity contribution < 1.29 is 14.3 Å².